The third-order valence-electron chi connectivity index (χ3n) is 4.94. The number of hydrogen-bond donors (Lipinski definition) is 1. The van der Waals surface area contributed by atoms with Crippen LogP contribution in [0.25, 0.3) is 0 Å². The summed E-state index contributed by atoms with van der Waals surface area (Å²) in [4.78, 5) is 28.6. The topological polar surface area (TPSA) is 83.4 Å². The lowest BCUT2D eigenvalue weighted by molar-refractivity contribution is -0.130. The molecular weight excluding hydrogens is 376 g/mol. The summed E-state index contributed by atoms with van der Waals surface area (Å²) in [6.45, 7) is 12.0. The van der Waals surface area contributed by atoms with Gasteiger partial charge in [-0.25, -0.2) is 0 Å². The molecule has 0 unspecified atom stereocenters. The van der Waals surface area contributed by atoms with Gasteiger partial charge in [0.25, 0.3) is 0 Å². The van der Waals surface area contributed by atoms with Crippen LogP contribution in [0.1, 0.15) is 52.3 Å². The predicted octanol–water partition coefficient (Wildman–Crippen LogP) is 1.33. The quantitative estimate of drug-likeness (QED) is 0.686. The maximum Gasteiger partial charge on any atom is 0.234 e. The summed E-state index contributed by atoms with van der Waals surface area (Å²) in [6, 6.07) is 0. The molecule has 1 saturated carbocycles. The molecule has 9 heteroatoms. The highest BCUT2D eigenvalue weighted by Crippen LogP contribution is 2.39. The molecule has 1 N–H and O–H groups in total. The average Bonchev–Trinajstić information content (AvgIpc) is 3.38. The van der Waals surface area contributed by atoms with Gasteiger partial charge in [0.05, 0.1) is 12.3 Å². The first kappa shape index (κ1) is 21.1. The van der Waals surface area contributed by atoms with E-state index in [-0.39, 0.29) is 17.4 Å². The molecule has 28 heavy (non-hydrogen) atoms. The SMILES string of the molecule is CCn1c(SCC(=O)N2CCN(CC(=O)NC(C)(C)C)CC2)nnc1C1CC1. The molecule has 156 valence electrons. The van der Waals surface area contributed by atoms with Gasteiger partial charge in [0, 0.05) is 44.2 Å². The molecule has 0 aromatic carbocycles. The summed E-state index contributed by atoms with van der Waals surface area (Å²) in [5.74, 6) is 2.17. The van der Waals surface area contributed by atoms with E-state index in [4.69, 9.17) is 0 Å². The van der Waals surface area contributed by atoms with Gasteiger partial charge in [-0.15, -0.1) is 10.2 Å². The van der Waals surface area contributed by atoms with Crippen molar-refractivity contribution in [3.05, 3.63) is 5.82 Å². The molecule has 1 aromatic heterocycles. The Bertz CT molecular complexity index is 702. The first-order chi connectivity index (χ1) is 13.3. The van der Waals surface area contributed by atoms with E-state index in [0.717, 1.165) is 30.6 Å². The van der Waals surface area contributed by atoms with E-state index in [0.29, 0.717) is 31.3 Å². The third-order valence-corrected chi connectivity index (χ3v) is 5.89. The second-order valence-corrected chi connectivity index (χ2v) is 9.55. The summed E-state index contributed by atoms with van der Waals surface area (Å²) >= 11 is 1.48. The van der Waals surface area contributed by atoms with E-state index in [9.17, 15) is 9.59 Å². The van der Waals surface area contributed by atoms with Crippen molar-refractivity contribution >= 4 is 23.6 Å². The van der Waals surface area contributed by atoms with Crippen molar-refractivity contribution < 1.29 is 9.59 Å². The minimum atomic E-state index is -0.218. The summed E-state index contributed by atoms with van der Waals surface area (Å²) in [5, 5.41) is 12.4. The number of carbonyl (C=O) groups excluding carboxylic acids is 2. The fraction of sp³-hybridized carbons (Fsp3) is 0.789. The molecule has 1 saturated heterocycles. The Morgan fingerprint density at radius 1 is 1.14 bits per heavy atom. The summed E-state index contributed by atoms with van der Waals surface area (Å²) in [5.41, 5.74) is -0.218. The fourth-order valence-corrected chi connectivity index (χ4v) is 4.29. The van der Waals surface area contributed by atoms with Crippen LogP contribution >= 0.6 is 11.8 Å². The second kappa shape index (κ2) is 8.82. The summed E-state index contributed by atoms with van der Waals surface area (Å²) in [7, 11) is 0. The van der Waals surface area contributed by atoms with Crippen LogP contribution in [0.4, 0.5) is 0 Å². The highest BCUT2D eigenvalue weighted by atomic mass is 32.2. The number of carbonyl (C=O) groups is 2. The number of thioether (sulfide) groups is 1. The molecule has 1 aliphatic carbocycles. The Morgan fingerprint density at radius 2 is 1.82 bits per heavy atom. The minimum Gasteiger partial charge on any atom is -0.350 e. The van der Waals surface area contributed by atoms with Gasteiger partial charge in [-0.1, -0.05) is 11.8 Å². The van der Waals surface area contributed by atoms with Crippen molar-refractivity contribution in [3.63, 3.8) is 0 Å². The molecule has 0 spiro atoms. The van der Waals surface area contributed by atoms with Crippen LogP contribution in [0.2, 0.25) is 0 Å². The zero-order valence-electron chi connectivity index (χ0n) is 17.4. The van der Waals surface area contributed by atoms with Crippen molar-refractivity contribution in [2.45, 2.75) is 63.7 Å². The van der Waals surface area contributed by atoms with E-state index in [1.807, 2.05) is 25.7 Å². The van der Waals surface area contributed by atoms with Gasteiger partial charge in [-0.3, -0.25) is 14.5 Å². The number of aromatic nitrogens is 3. The van der Waals surface area contributed by atoms with Crippen molar-refractivity contribution in [1.82, 2.24) is 29.9 Å². The molecule has 2 aliphatic rings. The van der Waals surface area contributed by atoms with Crippen molar-refractivity contribution in [3.8, 4) is 0 Å². The van der Waals surface area contributed by atoms with Crippen molar-refractivity contribution in [2.75, 3.05) is 38.5 Å². The molecule has 8 nitrogen and oxygen atoms in total. The van der Waals surface area contributed by atoms with Crippen LogP contribution in [0.5, 0.6) is 0 Å². The standard InChI is InChI=1S/C19H32N6O2S/c1-5-25-17(14-6-7-14)21-22-18(25)28-13-16(27)24-10-8-23(9-11-24)12-15(26)20-19(2,3)4/h14H,5-13H2,1-4H3,(H,20,26). The summed E-state index contributed by atoms with van der Waals surface area (Å²) in [6.07, 6.45) is 2.39. The number of nitrogens with one attached hydrogen (secondary N) is 1. The zero-order chi connectivity index (χ0) is 20.3. The molecule has 3 rings (SSSR count). The second-order valence-electron chi connectivity index (χ2n) is 8.60. The molecule has 2 amide bonds. The highest BCUT2D eigenvalue weighted by molar-refractivity contribution is 7.99. The largest absolute Gasteiger partial charge is 0.350 e. The van der Waals surface area contributed by atoms with Gasteiger partial charge in [-0.2, -0.15) is 0 Å². The minimum absolute atomic E-state index is 0.0354. The van der Waals surface area contributed by atoms with Crippen LogP contribution in [-0.2, 0) is 16.1 Å². The first-order valence-electron chi connectivity index (χ1n) is 10.1. The molecule has 1 aromatic rings. The van der Waals surface area contributed by atoms with E-state index in [2.05, 4.69) is 31.9 Å². The van der Waals surface area contributed by atoms with Gasteiger partial charge in [0.15, 0.2) is 5.16 Å². The Balaban J connectivity index is 1.42. The van der Waals surface area contributed by atoms with Gasteiger partial charge in [0.2, 0.25) is 11.8 Å². The molecule has 0 bridgehead atoms. The number of rotatable bonds is 7. The first-order valence-corrected chi connectivity index (χ1v) is 11.1. The lowest BCUT2D eigenvalue weighted by atomic mass is 10.1. The van der Waals surface area contributed by atoms with Crippen LogP contribution < -0.4 is 5.32 Å². The molecule has 2 heterocycles. The van der Waals surface area contributed by atoms with E-state index >= 15 is 0 Å². The van der Waals surface area contributed by atoms with E-state index in [1.54, 1.807) is 0 Å². The Morgan fingerprint density at radius 3 is 2.39 bits per heavy atom. The highest BCUT2D eigenvalue weighted by Gasteiger charge is 2.30. The Labute approximate surface area is 171 Å². The third kappa shape index (κ3) is 5.70. The van der Waals surface area contributed by atoms with Crippen LogP contribution in [0.15, 0.2) is 5.16 Å². The maximum atomic E-state index is 12.6. The van der Waals surface area contributed by atoms with E-state index in [1.165, 1.54) is 24.6 Å². The lowest BCUT2D eigenvalue weighted by Crippen LogP contribution is -2.53. The van der Waals surface area contributed by atoms with Crippen LogP contribution in [0, 0.1) is 0 Å². The van der Waals surface area contributed by atoms with Crippen LogP contribution in [-0.4, -0.2) is 80.4 Å². The molecule has 1 aliphatic heterocycles. The smallest absolute Gasteiger partial charge is 0.234 e. The summed E-state index contributed by atoms with van der Waals surface area (Å²) < 4.78 is 2.14. The number of nitrogens with zero attached hydrogens (tertiary/aromatic N) is 5. The van der Waals surface area contributed by atoms with Gasteiger partial charge < -0.3 is 14.8 Å². The molecular formula is C19H32N6O2S. The molecule has 0 atom stereocenters. The van der Waals surface area contributed by atoms with Crippen LogP contribution in [0.3, 0.4) is 0 Å². The zero-order valence-corrected chi connectivity index (χ0v) is 18.2. The van der Waals surface area contributed by atoms with Crippen molar-refractivity contribution in [1.29, 1.82) is 0 Å². The van der Waals surface area contributed by atoms with Gasteiger partial charge in [0.1, 0.15) is 5.82 Å². The predicted molar refractivity (Wildman–Crippen MR) is 109 cm³/mol. The Kier molecular flexibility index (Phi) is 6.65. The van der Waals surface area contributed by atoms with Gasteiger partial charge in [-0.05, 0) is 40.5 Å². The number of hydrogen-bond acceptors (Lipinski definition) is 6. The fourth-order valence-electron chi connectivity index (χ4n) is 3.38. The molecule has 0 radical (unpaired) electrons. The molecule has 2 fully saturated rings. The number of piperazine rings is 1. The monoisotopic (exact) mass is 408 g/mol. The van der Waals surface area contributed by atoms with E-state index < -0.39 is 0 Å². The van der Waals surface area contributed by atoms with Crippen molar-refractivity contribution in [2.24, 2.45) is 0 Å². The number of amides is 2. The average molecular weight is 409 g/mol. The maximum absolute atomic E-state index is 12.6. The Hall–Kier alpha value is -1.61. The lowest BCUT2D eigenvalue weighted by Gasteiger charge is -2.34. The van der Waals surface area contributed by atoms with Gasteiger partial charge >= 0.3 is 0 Å². The normalized spacial score (nSPS) is 18.4.